The zero-order valence-corrected chi connectivity index (χ0v) is 20.3. The number of rotatable bonds is 11. The van der Waals surface area contributed by atoms with Crippen LogP contribution in [0.2, 0.25) is 0 Å². The average molecular weight is 529 g/mol. The van der Waals surface area contributed by atoms with E-state index in [1.54, 1.807) is 12.1 Å². The molecule has 1 aliphatic rings. The van der Waals surface area contributed by atoms with Gasteiger partial charge in [-0.2, -0.15) is 0 Å². The molecule has 38 heavy (non-hydrogen) atoms. The number of aliphatic carboxylic acids is 1. The highest BCUT2D eigenvalue weighted by Crippen LogP contribution is 2.54. The van der Waals surface area contributed by atoms with Gasteiger partial charge in [-0.25, -0.2) is 4.79 Å². The van der Waals surface area contributed by atoms with E-state index in [9.17, 15) is 22.8 Å². The highest BCUT2D eigenvalue weighted by molar-refractivity contribution is 5.89. The second-order valence-electron chi connectivity index (χ2n) is 8.98. The Bertz CT molecular complexity index is 1220. The van der Waals surface area contributed by atoms with E-state index in [1.165, 1.54) is 17.7 Å². The third-order valence-electron chi connectivity index (χ3n) is 6.17. The van der Waals surface area contributed by atoms with Gasteiger partial charge < -0.3 is 25.2 Å². The number of hydrogen-bond acceptors (Lipinski definition) is 4. The fraction of sp³-hybridized carbons (Fsp3) is 0.286. The third-order valence-corrected chi connectivity index (χ3v) is 6.17. The fourth-order valence-electron chi connectivity index (χ4n) is 4.34. The lowest BCUT2D eigenvalue weighted by Gasteiger charge is -2.21. The number of urea groups is 1. The summed E-state index contributed by atoms with van der Waals surface area (Å²) >= 11 is 0. The largest absolute Gasteiger partial charge is 0.573 e. The van der Waals surface area contributed by atoms with Crippen LogP contribution in [0.25, 0.3) is 0 Å². The second kappa shape index (κ2) is 11.9. The maximum absolute atomic E-state index is 12.9. The van der Waals surface area contributed by atoms with Gasteiger partial charge in [0.1, 0.15) is 11.5 Å². The first-order valence-corrected chi connectivity index (χ1v) is 12.1. The number of carbonyl (C=O) groups is 2. The van der Waals surface area contributed by atoms with E-state index in [-0.39, 0.29) is 36.7 Å². The minimum atomic E-state index is -4.79. The predicted molar refractivity (Wildman–Crippen MR) is 134 cm³/mol. The van der Waals surface area contributed by atoms with Crippen LogP contribution >= 0.6 is 0 Å². The molecular weight excluding hydrogens is 501 g/mol. The van der Waals surface area contributed by atoms with E-state index in [2.05, 4.69) is 27.5 Å². The number of halogens is 3. The van der Waals surface area contributed by atoms with E-state index in [1.807, 2.05) is 30.3 Å². The van der Waals surface area contributed by atoms with Gasteiger partial charge in [0.15, 0.2) is 0 Å². The molecule has 3 aromatic carbocycles. The zero-order valence-electron chi connectivity index (χ0n) is 20.3. The number of amides is 2. The summed E-state index contributed by atoms with van der Waals surface area (Å²) in [6, 6.07) is 21.4. The van der Waals surface area contributed by atoms with Gasteiger partial charge in [-0.1, -0.05) is 42.5 Å². The first-order chi connectivity index (χ1) is 18.2. The number of anilines is 1. The molecule has 0 saturated heterocycles. The molecule has 0 bridgehead atoms. The minimum Gasteiger partial charge on any atom is -0.494 e. The summed E-state index contributed by atoms with van der Waals surface area (Å²) < 4.78 is 46.7. The lowest BCUT2D eigenvalue weighted by Crippen LogP contribution is -2.34. The number of carboxylic acid groups (broad SMARTS) is 1. The molecule has 200 valence electrons. The SMILES string of the molecule is O=C(O)CCCOc1ccc(C(NC(=O)Nc2ccc(OC(F)(F)F)cc2)C2CC2c2ccccc2)cc1. The number of nitrogens with one attached hydrogen (secondary N) is 2. The molecule has 0 radical (unpaired) electrons. The zero-order chi connectivity index (χ0) is 27.1. The summed E-state index contributed by atoms with van der Waals surface area (Å²) in [5.41, 5.74) is 2.37. The van der Waals surface area contributed by atoms with Gasteiger partial charge in [0.25, 0.3) is 0 Å². The standard InChI is InChI=1S/C28H27F3N2O5/c29-28(30,31)38-22-14-10-20(11-15-22)32-27(36)33-26(24-17-23(24)18-5-2-1-3-6-18)19-8-12-21(13-9-19)37-16-4-7-25(34)35/h1-3,5-6,8-15,23-24,26H,4,7,16-17H2,(H,34,35)(H2,32,33,36). The molecule has 2 amide bonds. The van der Waals surface area contributed by atoms with Gasteiger partial charge in [-0.3, -0.25) is 4.79 Å². The Kier molecular flexibility index (Phi) is 8.40. The van der Waals surface area contributed by atoms with Crippen molar-refractivity contribution in [3.63, 3.8) is 0 Å². The summed E-state index contributed by atoms with van der Waals surface area (Å²) in [5.74, 6) is -0.242. The van der Waals surface area contributed by atoms with Crippen molar-refractivity contribution in [1.29, 1.82) is 0 Å². The summed E-state index contributed by atoms with van der Waals surface area (Å²) in [4.78, 5) is 23.5. The molecule has 10 heteroatoms. The Balaban J connectivity index is 1.42. The summed E-state index contributed by atoms with van der Waals surface area (Å²) in [7, 11) is 0. The topological polar surface area (TPSA) is 96.9 Å². The molecule has 3 aromatic rings. The minimum absolute atomic E-state index is 0.0276. The van der Waals surface area contributed by atoms with Crippen LogP contribution in [0.15, 0.2) is 78.9 Å². The number of hydrogen-bond donors (Lipinski definition) is 3. The first-order valence-electron chi connectivity index (χ1n) is 12.1. The van der Waals surface area contributed by atoms with Gasteiger partial charge in [-0.15, -0.1) is 13.2 Å². The van der Waals surface area contributed by atoms with Crippen LogP contribution < -0.4 is 20.1 Å². The molecule has 4 rings (SSSR count). The number of ether oxygens (including phenoxy) is 2. The van der Waals surface area contributed by atoms with Crippen LogP contribution in [0, 0.1) is 5.92 Å². The van der Waals surface area contributed by atoms with E-state index >= 15 is 0 Å². The number of alkyl halides is 3. The number of benzene rings is 3. The van der Waals surface area contributed by atoms with Crippen molar-refractivity contribution in [3.05, 3.63) is 90.0 Å². The van der Waals surface area contributed by atoms with Gasteiger partial charge in [0, 0.05) is 12.1 Å². The lowest BCUT2D eigenvalue weighted by molar-refractivity contribution is -0.274. The van der Waals surface area contributed by atoms with Gasteiger partial charge in [0.05, 0.1) is 12.6 Å². The van der Waals surface area contributed by atoms with Crippen LogP contribution in [-0.2, 0) is 4.79 Å². The van der Waals surface area contributed by atoms with Gasteiger partial charge >= 0.3 is 18.4 Å². The van der Waals surface area contributed by atoms with Crippen molar-refractivity contribution in [2.45, 2.75) is 37.6 Å². The maximum Gasteiger partial charge on any atom is 0.573 e. The molecule has 1 fully saturated rings. The quantitative estimate of drug-likeness (QED) is 0.247. The number of carbonyl (C=O) groups excluding carboxylic acids is 1. The molecule has 7 nitrogen and oxygen atoms in total. The van der Waals surface area contributed by atoms with Crippen molar-refractivity contribution in [2.24, 2.45) is 5.92 Å². The Morgan fingerprint density at radius 1 is 0.947 bits per heavy atom. The maximum atomic E-state index is 12.9. The molecule has 0 spiro atoms. The molecule has 3 atom stereocenters. The monoisotopic (exact) mass is 528 g/mol. The Morgan fingerprint density at radius 3 is 2.24 bits per heavy atom. The molecule has 3 N–H and O–H groups in total. The lowest BCUT2D eigenvalue weighted by atomic mass is 9.98. The van der Waals surface area contributed by atoms with E-state index in [4.69, 9.17) is 9.84 Å². The molecule has 0 aliphatic heterocycles. The molecule has 1 aliphatic carbocycles. The molecule has 3 unspecified atom stereocenters. The highest BCUT2D eigenvalue weighted by Gasteiger charge is 2.45. The second-order valence-corrected chi connectivity index (χ2v) is 8.98. The van der Waals surface area contributed by atoms with Crippen molar-refractivity contribution in [1.82, 2.24) is 5.32 Å². The Morgan fingerprint density at radius 2 is 1.61 bits per heavy atom. The molecule has 0 heterocycles. The van der Waals surface area contributed by atoms with E-state index in [0.29, 0.717) is 17.9 Å². The Hall–Kier alpha value is -4.21. The molecular formula is C28H27F3N2O5. The van der Waals surface area contributed by atoms with Gasteiger partial charge in [0.2, 0.25) is 0 Å². The van der Waals surface area contributed by atoms with Crippen LogP contribution in [-0.4, -0.2) is 30.1 Å². The van der Waals surface area contributed by atoms with Crippen molar-refractivity contribution in [3.8, 4) is 11.5 Å². The predicted octanol–water partition coefficient (Wildman–Crippen LogP) is 6.50. The Labute approximate surface area is 217 Å². The normalized spacial score (nSPS) is 17.2. The summed E-state index contributed by atoms with van der Waals surface area (Å²) in [5, 5.41) is 14.4. The molecule has 1 saturated carbocycles. The van der Waals surface area contributed by atoms with Crippen LogP contribution in [0.5, 0.6) is 11.5 Å². The van der Waals surface area contributed by atoms with E-state index in [0.717, 1.165) is 24.1 Å². The van der Waals surface area contributed by atoms with Crippen LogP contribution in [0.1, 0.15) is 42.3 Å². The summed E-state index contributed by atoms with van der Waals surface area (Å²) in [6.45, 7) is 0.279. The summed E-state index contributed by atoms with van der Waals surface area (Å²) in [6.07, 6.45) is -3.49. The van der Waals surface area contributed by atoms with Crippen molar-refractivity contribution < 1.29 is 37.3 Å². The first kappa shape index (κ1) is 26.8. The third kappa shape index (κ3) is 7.89. The van der Waals surface area contributed by atoms with Gasteiger partial charge in [-0.05, 0) is 72.2 Å². The van der Waals surface area contributed by atoms with Crippen LogP contribution in [0.3, 0.4) is 0 Å². The van der Waals surface area contributed by atoms with Crippen molar-refractivity contribution >= 4 is 17.7 Å². The van der Waals surface area contributed by atoms with Crippen LogP contribution in [0.4, 0.5) is 23.7 Å². The van der Waals surface area contributed by atoms with E-state index < -0.39 is 18.4 Å². The van der Waals surface area contributed by atoms with Crippen molar-refractivity contribution in [2.75, 3.05) is 11.9 Å². The fourth-order valence-corrected chi connectivity index (χ4v) is 4.34. The highest BCUT2D eigenvalue weighted by atomic mass is 19.4. The number of carboxylic acids is 1. The average Bonchev–Trinajstić information content (AvgIpc) is 3.67. The molecule has 0 aromatic heterocycles. The smallest absolute Gasteiger partial charge is 0.494 e.